The molecular formula is C15H24N2O2S. The summed E-state index contributed by atoms with van der Waals surface area (Å²) in [5.74, 6) is 0. The highest BCUT2D eigenvalue weighted by atomic mass is 32.2. The van der Waals surface area contributed by atoms with Crippen molar-refractivity contribution < 1.29 is 8.42 Å². The first-order chi connectivity index (χ1) is 9.53. The smallest absolute Gasteiger partial charge is 0.240 e. The van der Waals surface area contributed by atoms with Crippen molar-refractivity contribution in [3.63, 3.8) is 0 Å². The first-order valence-electron chi connectivity index (χ1n) is 7.32. The number of hydrogen-bond donors (Lipinski definition) is 2. The van der Waals surface area contributed by atoms with Gasteiger partial charge in [-0.3, -0.25) is 0 Å². The van der Waals surface area contributed by atoms with Crippen LogP contribution in [0.3, 0.4) is 0 Å². The van der Waals surface area contributed by atoms with Crippen LogP contribution in [0.2, 0.25) is 0 Å². The van der Waals surface area contributed by atoms with E-state index in [-0.39, 0.29) is 12.1 Å². The molecule has 0 heterocycles. The fourth-order valence-corrected chi connectivity index (χ4v) is 3.92. The molecule has 0 amide bonds. The third-order valence-corrected chi connectivity index (χ3v) is 5.59. The summed E-state index contributed by atoms with van der Waals surface area (Å²) in [6.45, 7) is 2.05. The van der Waals surface area contributed by atoms with Gasteiger partial charge in [-0.25, -0.2) is 13.1 Å². The molecule has 1 aliphatic carbocycles. The van der Waals surface area contributed by atoms with Crippen LogP contribution in [0.25, 0.3) is 0 Å². The van der Waals surface area contributed by atoms with Gasteiger partial charge >= 0.3 is 0 Å². The van der Waals surface area contributed by atoms with Crippen molar-refractivity contribution in [3.8, 4) is 0 Å². The Morgan fingerprint density at radius 3 is 2.25 bits per heavy atom. The van der Waals surface area contributed by atoms with Gasteiger partial charge < -0.3 is 5.32 Å². The third kappa shape index (κ3) is 3.81. The lowest BCUT2D eigenvalue weighted by Crippen LogP contribution is -2.36. The molecule has 1 saturated carbocycles. The van der Waals surface area contributed by atoms with E-state index in [4.69, 9.17) is 0 Å². The maximum atomic E-state index is 12.3. The summed E-state index contributed by atoms with van der Waals surface area (Å²) in [6, 6.07) is 7.44. The predicted octanol–water partition coefficient (Wildman–Crippen LogP) is 2.58. The summed E-state index contributed by atoms with van der Waals surface area (Å²) >= 11 is 0. The van der Waals surface area contributed by atoms with E-state index in [9.17, 15) is 8.42 Å². The molecule has 0 aliphatic heterocycles. The fourth-order valence-electron chi connectivity index (χ4n) is 2.61. The quantitative estimate of drug-likeness (QED) is 0.878. The van der Waals surface area contributed by atoms with Crippen molar-refractivity contribution in [1.82, 2.24) is 10.0 Å². The number of sulfonamides is 1. The lowest BCUT2D eigenvalue weighted by atomic mass is 9.96. The molecule has 20 heavy (non-hydrogen) atoms. The normalized spacial score (nSPS) is 18.9. The van der Waals surface area contributed by atoms with Crippen LogP contribution < -0.4 is 10.0 Å². The lowest BCUT2D eigenvalue weighted by Gasteiger charge is -2.22. The third-order valence-electron chi connectivity index (χ3n) is 4.05. The minimum absolute atomic E-state index is 0.102. The summed E-state index contributed by atoms with van der Waals surface area (Å²) in [7, 11) is -1.49. The standard InChI is InChI=1S/C15H24N2O2S/c1-12(16-2)13-8-10-15(11-9-13)20(18,19)17-14-6-4-3-5-7-14/h8-12,14,16-17H,3-7H2,1-2H3. The number of rotatable bonds is 5. The van der Waals surface area contributed by atoms with Gasteiger partial charge in [-0.05, 0) is 44.5 Å². The summed E-state index contributed by atoms with van der Waals surface area (Å²) in [5.41, 5.74) is 1.09. The van der Waals surface area contributed by atoms with Gasteiger partial charge in [0.1, 0.15) is 0 Å². The van der Waals surface area contributed by atoms with Gasteiger partial charge in [-0.2, -0.15) is 0 Å². The fraction of sp³-hybridized carbons (Fsp3) is 0.600. The second-order valence-corrected chi connectivity index (χ2v) is 7.25. The highest BCUT2D eigenvalue weighted by molar-refractivity contribution is 7.89. The second kappa shape index (κ2) is 6.70. The van der Waals surface area contributed by atoms with E-state index in [1.807, 2.05) is 26.1 Å². The summed E-state index contributed by atoms with van der Waals surface area (Å²) in [6.07, 6.45) is 5.36. The number of benzene rings is 1. The molecule has 1 aromatic rings. The zero-order valence-electron chi connectivity index (χ0n) is 12.2. The topological polar surface area (TPSA) is 58.2 Å². The van der Waals surface area contributed by atoms with Crippen LogP contribution in [0, 0.1) is 0 Å². The molecule has 2 N–H and O–H groups in total. The van der Waals surface area contributed by atoms with E-state index in [0.717, 1.165) is 31.2 Å². The molecule has 2 rings (SSSR count). The van der Waals surface area contributed by atoms with Gasteiger partial charge in [-0.1, -0.05) is 31.4 Å². The van der Waals surface area contributed by atoms with Gasteiger partial charge in [-0.15, -0.1) is 0 Å². The Balaban J connectivity index is 2.08. The zero-order valence-corrected chi connectivity index (χ0v) is 13.0. The van der Waals surface area contributed by atoms with Crippen LogP contribution >= 0.6 is 0 Å². The van der Waals surface area contributed by atoms with Crippen molar-refractivity contribution in [3.05, 3.63) is 29.8 Å². The average molecular weight is 296 g/mol. The molecular weight excluding hydrogens is 272 g/mol. The number of hydrogen-bond acceptors (Lipinski definition) is 3. The van der Waals surface area contributed by atoms with Gasteiger partial charge in [0.05, 0.1) is 4.90 Å². The van der Waals surface area contributed by atoms with Crippen molar-refractivity contribution in [1.29, 1.82) is 0 Å². The van der Waals surface area contributed by atoms with E-state index < -0.39 is 10.0 Å². The molecule has 0 radical (unpaired) electrons. The molecule has 1 unspecified atom stereocenters. The van der Waals surface area contributed by atoms with E-state index in [1.54, 1.807) is 12.1 Å². The van der Waals surface area contributed by atoms with Crippen molar-refractivity contribution >= 4 is 10.0 Å². The van der Waals surface area contributed by atoms with Gasteiger partial charge in [0, 0.05) is 12.1 Å². The van der Waals surface area contributed by atoms with Crippen LogP contribution in [-0.4, -0.2) is 21.5 Å². The first kappa shape index (κ1) is 15.5. The van der Waals surface area contributed by atoms with Crippen LogP contribution in [0.4, 0.5) is 0 Å². The molecule has 0 saturated heterocycles. The minimum atomic E-state index is -3.38. The van der Waals surface area contributed by atoms with E-state index in [2.05, 4.69) is 10.0 Å². The Morgan fingerprint density at radius 1 is 1.10 bits per heavy atom. The maximum absolute atomic E-state index is 12.3. The summed E-state index contributed by atoms with van der Waals surface area (Å²) in [4.78, 5) is 0.357. The molecule has 0 spiro atoms. The van der Waals surface area contributed by atoms with Crippen molar-refractivity contribution in [2.24, 2.45) is 0 Å². The van der Waals surface area contributed by atoms with Crippen LogP contribution in [0.5, 0.6) is 0 Å². The highest BCUT2D eigenvalue weighted by Gasteiger charge is 2.21. The molecule has 1 atom stereocenters. The van der Waals surface area contributed by atoms with E-state index in [1.165, 1.54) is 6.42 Å². The largest absolute Gasteiger partial charge is 0.313 e. The van der Waals surface area contributed by atoms with Gasteiger partial charge in [0.15, 0.2) is 0 Å². The minimum Gasteiger partial charge on any atom is -0.313 e. The molecule has 4 nitrogen and oxygen atoms in total. The molecule has 1 aromatic carbocycles. The Bertz CT molecular complexity index is 519. The second-order valence-electron chi connectivity index (χ2n) is 5.54. The van der Waals surface area contributed by atoms with Crippen LogP contribution in [0.15, 0.2) is 29.2 Å². The molecule has 112 valence electrons. The predicted molar refractivity (Wildman–Crippen MR) is 81.1 cm³/mol. The summed E-state index contributed by atoms with van der Waals surface area (Å²) in [5, 5.41) is 3.14. The lowest BCUT2D eigenvalue weighted by molar-refractivity contribution is 0.412. The van der Waals surface area contributed by atoms with E-state index >= 15 is 0 Å². The van der Waals surface area contributed by atoms with Crippen molar-refractivity contribution in [2.45, 2.75) is 56.0 Å². The number of nitrogens with one attached hydrogen (secondary N) is 2. The van der Waals surface area contributed by atoms with E-state index in [0.29, 0.717) is 4.90 Å². The maximum Gasteiger partial charge on any atom is 0.240 e. The SMILES string of the molecule is CNC(C)c1ccc(S(=O)(=O)NC2CCCCC2)cc1. The monoisotopic (exact) mass is 296 g/mol. The van der Waals surface area contributed by atoms with Crippen LogP contribution in [0.1, 0.15) is 50.6 Å². The average Bonchev–Trinajstić information content (AvgIpc) is 2.47. The Kier molecular flexibility index (Phi) is 5.18. The van der Waals surface area contributed by atoms with Crippen LogP contribution in [-0.2, 0) is 10.0 Å². The molecule has 0 aromatic heterocycles. The molecule has 0 bridgehead atoms. The van der Waals surface area contributed by atoms with Crippen molar-refractivity contribution in [2.75, 3.05) is 7.05 Å². The summed E-state index contributed by atoms with van der Waals surface area (Å²) < 4.78 is 27.5. The molecule has 5 heteroatoms. The Morgan fingerprint density at radius 2 is 1.70 bits per heavy atom. The zero-order chi connectivity index (χ0) is 14.6. The van der Waals surface area contributed by atoms with Gasteiger partial charge in [0.25, 0.3) is 0 Å². The first-order valence-corrected chi connectivity index (χ1v) is 8.81. The Labute approximate surface area is 122 Å². The Hall–Kier alpha value is -0.910. The highest BCUT2D eigenvalue weighted by Crippen LogP contribution is 2.21. The molecule has 1 fully saturated rings. The molecule has 1 aliphatic rings. The van der Waals surface area contributed by atoms with Gasteiger partial charge in [0.2, 0.25) is 10.0 Å².